The maximum Gasteiger partial charge on any atom is 0.132 e. The van der Waals surface area contributed by atoms with E-state index < -0.39 is 17.7 Å². The molecular weight excluding hydrogens is 258 g/mol. The minimum Gasteiger partial charge on any atom is -0.382 e. The highest BCUT2D eigenvalue weighted by Crippen LogP contribution is 2.30. The van der Waals surface area contributed by atoms with Gasteiger partial charge in [0, 0.05) is 0 Å². The molecule has 0 fully saturated rings. The third-order valence-electron chi connectivity index (χ3n) is 2.59. The fourth-order valence-corrected chi connectivity index (χ4v) is 2.43. The van der Waals surface area contributed by atoms with E-state index in [1.807, 2.05) is 6.92 Å². The van der Waals surface area contributed by atoms with Gasteiger partial charge in [-0.25, -0.2) is 8.78 Å². The molecule has 0 bridgehead atoms. The van der Waals surface area contributed by atoms with Gasteiger partial charge >= 0.3 is 0 Å². The Morgan fingerprint density at radius 2 is 2.00 bits per heavy atom. The molecule has 0 aliphatic heterocycles. The fraction of sp³-hybridized carbons (Fsp3) is 0.333. The van der Waals surface area contributed by atoms with Gasteiger partial charge in [0.1, 0.15) is 17.7 Å². The van der Waals surface area contributed by atoms with Crippen LogP contribution in [-0.4, -0.2) is 14.7 Å². The van der Waals surface area contributed by atoms with E-state index in [0.29, 0.717) is 17.0 Å². The first-order valence-corrected chi connectivity index (χ1v) is 6.35. The van der Waals surface area contributed by atoms with E-state index in [9.17, 15) is 13.9 Å². The zero-order valence-corrected chi connectivity index (χ0v) is 10.5. The maximum atomic E-state index is 13.6. The smallest absolute Gasteiger partial charge is 0.132 e. The quantitative estimate of drug-likeness (QED) is 0.929. The molecule has 1 aromatic heterocycles. The average molecular weight is 270 g/mol. The molecule has 1 unspecified atom stereocenters. The van der Waals surface area contributed by atoms with Crippen LogP contribution in [0, 0.1) is 11.6 Å². The van der Waals surface area contributed by atoms with Gasteiger partial charge < -0.3 is 5.11 Å². The summed E-state index contributed by atoms with van der Waals surface area (Å²) in [6, 6.07) is 3.50. The lowest BCUT2D eigenvalue weighted by Gasteiger charge is -2.11. The van der Waals surface area contributed by atoms with E-state index in [1.54, 1.807) is 0 Å². The van der Waals surface area contributed by atoms with Gasteiger partial charge in [-0.3, -0.25) is 0 Å². The molecule has 2 aromatic rings. The first kappa shape index (κ1) is 13.0. The Morgan fingerprint density at radius 3 is 2.61 bits per heavy atom. The van der Waals surface area contributed by atoms with Crippen molar-refractivity contribution < 1.29 is 13.9 Å². The molecule has 0 saturated heterocycles. The predicted molar refractivity (Wildman–Crippen MR) is 64.3 cm³/mol. The van der Waals surface area contributed by atoms with Crippen LogP contribution in [0.15, 0.2) is 18.2 Å². The van der Waals surface area contributed by atoms with Crippen molar-refractivity contribution in [3.05, 3.63) is 46.0 Å². The van der Waals surface area contributed by atoms with Gasteiger partial charge in [0.2, 0.25) is 0 Å². The molecular formula is C12H12F2N2OS. The molecule has 96 valence electrons. The lowest BCUT2D eigenvalue weighted by atomic mass is 10.0. The summed E-state index contributed by atoms with van der Waals surface area (Å²) in [6.07, 6.45) is 0.0943. The fourth-order valence-electron chi connectivity index (χ4n) is 1.74. The van der Waals surface area contributed by atoms with Gasteiger partial charge in [-0.05, 0) is 30.1 Å². The van der Waals surface area contributed by atoms with E-state index >= 15 is 0 Å². The number of aromatic nitrogens is 2. The summed E-state index contributed by atoms with van der Waals surface area (Å²) in [5.74, 6) is -1.53. The molecule has 1 heterocycles. The van der Waals surface area contributed by atoms with Gasteiger partial charge in [-0.2, -0.15) is 0 Å². The zero-order chi connectivity index (χ0) is 13.1. The summed E-state index contributed by atoms with van der Waals surface area (Å²) in [4.78, 5) is 0.404. The summed E-state index contributed by atoms with van der Waals surface area (Å²) in [6.45, 7) is 1.96. The minimum atomic E-state index is -1.35. The van der Waals surface area contributed by atoms with E-state index in [2.05, 4.69) is 9.59 Å². The second-order valence-electron chi connectivity index (χ2n) is 3.87. The van der Waals surface area contributed by atoms with Crippen molar-refractivity contribution in [3.63, 3.8) is 0 Å². The number of benzene rings is 1. The van der Waals surface area contributed by atoms with Crippen molar-refractivity contribution in [1.82, 2.24) is 9.59 Å². The van der Waals surface area contributed by atoms with Crippen LogP contribution in [0.4, 0.5) is 8.78 Å². The van der Waals surface area contributed by atoms with Crippen LogP contribution in [0.1, 0.15) is 35.6 Å². The number of aryl methyl sites for hydroxylation is 1. The first-order chi connectivity index (χ1) is 8.65. The first-order valence-electron chi connectivity index (χ1n) is 5.58. The van der Waals surface area contributed by atoms with Gasteiger partial charge in [0.25, 0.3) is 0 Å². The van der Waals surface area contributed by atoms with E-state index in [1.165, 1.54) is 6.07 Å². The molecule has 0 aliphatic rings. The molecule has 0 amide bonds. The van der Waals surface area contributed by atoms with Crippen molar-refractivity contribution in [2.75, 3.05) is 0 Å². The lowest BCUT2D eigenvalue weighted by molar-refractivity contribution is 0.211. The summed E-state index contributed by atoms with van der Waals surface area (Å²) in [7, 11) is 0. The maximum absolute atomic E-state index is 13.6. The van der Waals surface area contributed by atoms with Gasteiger partial charge in [-0.15, -0.1) is 5.10 Å². The molecule has 0 saturated carbocycles. The molecule has 0 radical (unpaired) electrons. The normalized spacial score (nSPS) is 12.7. The molecule has 0 spiro atoms. The Hall–Kier alpha value is -1.40. The number of hydrogen-bond donors (Lipinski definition) is 1. The minimum absolute atomic E-state index is 0.346. The largest absolute Gasteiger partial charge is 0.382 e. The van der Waals surface area contributed by atoms with Crippen molar-refractivity contribution >= 4 is 11.5 Å². The zero-order valence-electron chi connectivity index (χ0n) is 9.73. The number of halogens is 2. The van der Waals surface area contributed by atoms with Crippen molar-refractivity contribution in [1.29, 1.82) is 0 Å². The van der Waals surface area contributed by atoms with Crippen molar-refractivity contribution in [2.45, 2.75) is 25.9 Å². The summed E-state index contributed by atoms with van der Waals surface area (Å²) < 4.78 is 30.9. The molecule has 2 rings (SSSR count). The molecule has 1 atom stereocenters. The summed E-state index contributed by atoms with van der Waals surface area (Å²) in [5.41, 5.74) is 0.249. The molecule has 0 aliphatic carbocycles. The van der Waals surface area contributed by atoms with Crippen LogP contribution in [0.3, 0.4) is 0 Å². The van der Waals surface area contributed by atoms with Crippen LogP contribution in [-0.2, 0) is 6.42 Å². The second kappa shape index (κ2) is 5.49. The second-order valence-corrected chi connectivity index (χ2v) is 4.66. The van der Waals surface area contributed by atoms with E-state index in [4.69, 9.17) is 0 Å². The number of aliphatic hydroxyl groups excluding tert-OH is 1. The van der Waals surface area contributed by atoms with E-state index in [0.717, 1.165) is 30.1 Å². The number of hydrogen-bond acceptors (Lipinski definition) is 4. The highest BCUT2D eigenvalue weighted by molar-refractivity contribution is 7.05. The SMILES string of the molecule is CCCc1nnsc1C(O)c1c(F)cccc1F. The average Bonchev–Trinajstić information content (AvgIpc) is 2.77. The van der Waals surface area contributed by atoms with Gasteiger partial charge in [-0.1, -0.05) is 23.9 Å². The molecule has 6 heteroatoms. The Morgan fingerprint density at radius 1 is 1.33 bits per heavy atom. The molecule has 1 aromatic carbocycles. The third-order valence-corrected chi connectivity index (χ3v) is 3.41. The van der Waals surface area contributed by atoms with Crippen LogP contribution in [0.5, 0.6) is 0 Å². The standard InChI is InChI=1S/C12H12F2N2OS/c1-2-4-9-12(18-16-15-9)11(17)10-7(13)5-3-6-8(10)14/h3,5-6,11,17H,2,4H2,1H3. The summed E-state index contributed by atoms with van der Waals surface area (Å²) >= 11 is 0.965. The summed E-state index contributed by atoms with van der Waals surface area (Å²) in [5, 5.41) is 14.0. The van der Waals surface area contributed by atoms with Gasteiger partial charge in [0.05, 0.1) is 16.1 Å². The number of aliphatic hydroxyl groups is 1. The Labute approximate surface area is 107 Å². The lowest BCUT2D eigenvalue weighted by Crippen LogP contribution is -2.06. The Bertz CT molecular complexity index is 524. The highest BCUT2D eigenvalue weighted by atomic mass is 32.1. The molecule has 3 nitrogen and oxygen atoms in total. The van der Waals surface area contributed by atoms with Crippen LogP contribution >= 0.6 is 11.5 Å². The van der Waals surface area contributed by atoms with Crippen molar-refractivity contribution in [3.8, 4) is 0 Å². The monoisotopic (exact) mass is 270 g/mol. The topological polar surface area (TPSA) is 46.0 Å². The highest BCUT2D eigenvalue weighted by Gasteiger charge is 2.24. The predicted octanol–water partition coefficient (Wildman–Crippen LogP) is 2.85. The van der Waals surface area contributed by atoms with Crippen LogP contribution < -0.4 is 0 Å². The van der Waals surface area contributed by atoms with E-state index in [-0.39, 0.29) is 5.56 Å². The van der Waals surface area contributed by atoms with Crippen LogP contribution in [0.25, 0.3) is 0 Å². The number of nitrogens with zero attached hydrogens (tertiary/aromatic N) is 2. The van der Waals surface area contributed by atoms with Crippen molar-refractivity contribution in [2.24, 2.45) is 0 Å². The Balaban J connectivity index is 2.41. The number of rotatable bonds is 4. The van der Waals surface area contributed by atoms with Gasteiger partial charge in [0.15, 0.2) is 0 Å². The molecule has 18 heavy (non-hydrogen) atoms. The molecule has 1 N–H and O–H groups in total. The Kier molecular flexibility index (Phi) is 3.98. The van der Waals surface area contributed by atoms with Crippen LogP contribution in [0.2, 0.25) is 0 Å². The third kappa shape index (κ3) is 2.39.